The van der Waals surface area contributed by atoms with Gasteiger partial charge in [0.25, 0.3) is 10.0 Å². The first-order chi connectivity index (χ1) is 6.95. The highest BCUT2D eigenvalue weighted by Gasteiger charge is 2.23. The Hall–Kier alpha value is -0.880. The Kier molecular flexibility index (Phi) is 3.87. The van der Waals surface area contributed by atoms with Gasteiger partial charge < -0.3 is 0 Å². The molecule has 0 radical (unpaired) electrons. The number of anilines is 1. The summed E-state index contributed by atoms with van der Waals surface area (Å²) in [5.74, 6) is -3.26. The normalized spacial score (nSPS) is 11.7. The molecule has 0 amide bonds. The van der Waals surface area contributed by atoms with Gasteiger partial charge in [-0.05, 0) is 17.7 Å². The van der Waals surface area contributed by atoms with Gasteiger partial charge in [0.2, 0.25) is 0 Å². The number of benzene rings is 1. The average Bonchev–Trinajstić information content (AvgIpc) is 2.17. The Bertz CT molecular complexity index is 436. The smallest absolute Gasteiger partial charge is 0.279 e. The third kappa shape index (κ3) is 3.32. The lowest BCUT2D eigenvalue weighted by Crippen LogP contribution is -2.20. The highest BCUT2D eigenvalue weighted by atomic mass is 35.5. The molecule has 1 rings (SSSR count). The van der Waals surface area contributed by atoms with Crippen LogP contribution in [0.15, 0.2) is 24.3 Å². The van der Waals surface area contributed by atoms with Crippen molar-refractivity contribution >= 4 is 27.3 Å². The van der Waals surface area contributed by atoms with Crippen molar-refractivity contribution in [2.45, 2.75) is 11.6 Å². The summed E-state index contributed by atoms with van der Waals surface area (Å²) in [6.07, 6.45) is 0. The van der Waals surface area contributed by atoms with Crippen LogP contribution in [-0.4, -0.2) is 14.2 Å². The van der Waals surface area contributed by atoms with E-state index in [1.54, 1.807) is 10.8 Å². The monoisotopic (exact) mass is 255 g/mol. The highest BCUT2D eigenvalue weighted by molar-refractivity contribution is 7.93. The molecular formula is C8H8ClF2NO2S. The topological polar surface area (TPSA) is 46.2 Å². The summed E-state index contributed by atoms with van der Waals surface area (Å²) < 4.78 is 47.4. The van der Waals surface area contributed by atoms with Gasteiger partial charge in [-0.3, -0.25) is 4.72 Å². The Labute approximate surface area is 91.1 Å². The van der Waals surface area contributed by atoms with Gasteiger partial charge in [-0.25, -0.2) is 8.42 Å². The summed E-state index contributed by atoms with van der Waals surface area (Å²) in [6, 6.07) is 5.96. The standard InChI is InChI=1S/C8H8ClF2NO2S/c9-5-6-2-1-3-7(4-6)12-15(13,14)8(10)11/h1-4,8,12H,5H2. The minimum absolute atomic E-state index is 0.0773. The fourth-order valence-corrected chi connectivity index (χ4v) is 1.64. The quantitative estimate of drug-likeness (QED) is 0.840. The number of halogens is 3. The van der Waals surface area contributed by atoms with Crippen molar-refractivity contribution in [1.29, 1.82) is 0 Å². The van der Waals surface area contributed by atoms with Crippen LogP contribution in [0.1, 0.15) is 5.56 Å². The minimum atomic E-state index is -4.60. The van der Waals surface area contributed by atoms with Gasteiger partial charge in [-0.15, -0.1) is 11.6 Å². The Balaban J connectivity index is 2.90. The fraction of sp³-hybridized carbons (Fsp3) is 0.250. The van der Waals surface area contributed by atoms with Crippen molar-refractivity contribution in [2.24, 2.45) is 0 Å². The average molecular weight is 256 g/mol. The van der Waals surface area contributed by atoms with Crippen molar-refractivity contribution in [3.05, 3.63) is 29.8 Å². The summed E-state index contributed by atoms with van der Waals surface area (Å²) in [6.45, 7) is 0. The predicted octanol–water partition coefficient (Wildman–Crippen LogP) is 2.39. The van der Waals surface area contributed by atoms with E-state index in [2.05, 4.69) is 0 Å². The molecule has 0 atom stereocenters. The third-order valence-electron chi connectivity index (χ3n) is 1.58. The third-order valence-corrected chi connectivity index (χ3v) is 2.87. The minimum Gasteiger partial charge on any atom is -0.279 e. The van der Waals surface area contributed by atoms with Crippen molar-refractivity contribution < 1.29 is 17.2 Å². The summed E-state index contributed by atoms with van der Waals surface area (Å²) in [4.78, 5) is 0. The number of nitrogens with one attached hydrogen (secondary N) is 1. The molecule has 0 unspecified atom stereocenters. The lowest BCUT2D eigenvalue weighted by molar-refractivity contribution is 0.236. The molecule has 0 saturated carbocycles. The second-order valence-electron chi connectivity index (χ2n) is 2.74. The lowest BCUT2D eigenvalue weighted by Gasteiger charge is -2.07. The molecule has 1 aromatic carbocycles. The van der Waals surface area contributed by atoms with E-state index >= 15 is 0 Å². The number of rotatable bonds is 4. The van der Waals surface area contributed by atoms with Crippen LogP contribution < -0.4 is 4.72 Å². The van der Waals surface area contributed by atoms with Crippen LogP contribution in [0.4, 0.5) is 14.5 Å². The van der Waals surface area contributed by atoms with Crippen LogP contribution >= 0.6 is 11.6 Å². The van der Waals surface area contributed by atoms with Gasteiger partial charge in [0.05, 0.1) is 0 Å². The zero-order valence-corrected chi connectivity index (χ0v) is 9.02. The molecule has 0 aromatic heterocycles. The number of sulfonamides is 1. The number of hydrogen-bond donors (Lipinski definition) is 1. The Morgan fingerprint density at radius 1 is 1.40 bits per heavy atom. The van der Waals surface area contributed by atoms with Crippen LogP contribution in [0, 0.1) is 0 Å². The Morgan fingerprint density at radius 2 is 2.07 bits per heavy atom. The van der Waals surface area contributed by atoms with Crippen molar-refractivity contribution in [2.75, 3.05) is 4.72 Å². The van der Waals surface area contributed by atoms with E-state index in [4.69, 9.17) is 11.6 Å². The van der Waals surface area contributed by atoms with E-state index in [0.717, 1.165) is 0 Å². The molecule has 0 aliphatic carbocycles. The number of hydrogen-bond acceptors (Lipinski definition) is 2. The predicted molar refractivity (Wildman–Crippen MR) is 54.5 cm³/mol. The van der Waals surface area contributed by atoms with Crippen LogP contribution in [0.2, 0.25) is 0 Å². The zero-order valence-electron chi connectivity index (χ0n) is 7.45. The maximum Gasteiger partial charge on any atom is 0.355 e. The van der Waals surface area contributed by atoms with Crippen LogP contribution in [0.5, 0.6) is 0 Å². The molecule has 0 saturated heterocycles. The van der Waals surface area contributed by atoms with E-state index < -0.39 is 15.8 Å². The van der Waals surface area contributed by atoms with Gasteiger partial charge in [-0.1, -0.05) is 12.1 Å². The van der Waals surface area contributed by atoms with E-state index in [9.17, 15) is 17.2 Å². The van der Waals surface area contributed by atoms with Crippen LogP contribution in [-0.2, 0) is 15.9 Å². The van der Waals surface area contributed by atoms with Crippen LogP contribution in [0.25, 0.3) is 0 Å². The summed E-state index contributed by atoms with van der Waals surface area (Å²) >= 11 is 5.51. The zero-order chi connectivity index (χ0) is 11.5. The van der Waals surface area contributed by atoms with Gasteiger partial charge in [0.15, 0.2) is 0 Å². The van der Waals surface area contributed by atoms with Crippen molar-refractivity contribution in [1.82, 2.24) is 0 Å². The summed E-state index contributed by atoms with van der Waals surface area (Å²) in [7, 11) is -4.60. The SMILES string of the molecule is O=S(=O)(Nc1cccc(CCl)c1)C(F)F. The molecule has 1 N–H and O–H groups in total. The lowest BCUT2D eigenvalue weighted by atomic mass is 10.2. The molecule has 84 valence electrons. The highest BCUT2D eigenvalue weighted by Crippen LogP contribution is 2.16. The molecule has 0 heterocycles. The molecule has 0 bridgehead atoms. The maximum atomic E-state index is 12.0. The molecule has 15 heavy (non-hydrogen) atoms. The molecule has 7 heteroatoms. The van der Waals surface area contributed by atoms with Crippen molar-refractivity contribution in [3.63, 3.8) is 0 Å². The van der Waals surface area contributed by atoms with Gasteiger partial charge in [0.1, 0.15) is 0 Å². The molecule has 0 aliphatic heterocycles. The van der Waals surface area contributed by atoms with Gasteiger partial charge >= 0.3 is 5.76 Å². The molecule has 0 fully saturated rings. The van der Waals surface area contributed by atoms with Crippen molar-refractivity contribution in [3.8, 4) is 0 Å². The van der Waals surface area contributed by atoms with E-state index in [1.807, 2.05) is 0 Å². The van der Waals surface area contributed by atoms with Gasteiger partial charge in [-0.2, -0.15) is 8.78 Å². The maximum absolute atomic E-state index is 12.0. The molecule has 0 spiro atoms. The molecular weight excluding hydrogens is 248 g/mol. The molecule has 0 aliphatic rings. The second-order valence-corrected chi connectivity index (χ2v) is 4.66. The first-order valence-electron chi connectivity index (χ1n) is 3.90. The first-order valence-corrected chi connectivity index (χ1v) is 5.98. The second kappa shape index (κ2) is 4.76. The first kappa shape index (κ1) is 12.2. The van der Waals surface area contributed by atoms with E-state index in [-0.39, 0.29) is 11.6 Å². The summed E-state index contributed by atoms with van der Waals surface area (Å²) in [5.41, 5.74) is 0.722. The van der Waals surface area contributed by atoms with Crippen LogP contribution in [0.3, 0.4) is 0 Å². The largest absolute Gasteiger partial charge is 0.355 e. The fourth-order valence-electron chi connectivity index (χ4n) is 0.927. The van der Waals surface area contributed by atoms with E-state index in [1.165, 1.54) is 18.2 Å². The number of alkyl halides is 3. The molecule has 1 aromatic rings. The van der Waals surface area contributed by atoms with E-state index in [0.29, 0.717) is 5.56 Å². The van der Waals surface area contributed by atoms with Gasteiger partial charge in [0, 0.05) is 11.6 Å². The Morgan fingerprint density at radius 3 is 2.60 bits per heavy atom. The molecule has 3 nitrogen and oxygen atoms in total. The summed E-state index contributed by atoms with van der Waals surface area (Å²) in [5, 5.41) is 0.